The van der Waals surface area contributed by atoms with Gasteiger partial charge in [-0.05, 0) is 109 Å². The minimum atomic E-state index is -0.126. The van der Waals surface area contributed by atoms with E-state index in [9.17, 15) is 4.79 Å². The number of carbonyl (C=O) groups is 1. The lowest BCUT2D eigenvalue weighted by atomic mass is 10.2. The predicted octanol–water partition coefficient (Wildman–Crippen LogP) is 8.95. The van der Waals surface area contributed by atoms with Gasteiger partial charge in [0.2, 0.25) is 0 Å². The molecule has 0 atom stereocenters. The second kappa shape index (κ2) is 11.9. The second-order valence-corrected chi connectivity index (χ2v) is 11.7. The molecule has 1 aliphatic rings. The van der Waals surface area contributed by atoms with Crippen molar-refractivity contribution in [1.29, 1.82) is 0 Å². The van der Waals surface area contributed by atoms with Crippen LogP contribution in [0.1, 0.15) is 16.9 Å². The molecule has 3 aromatic carbocycles. The average molecular weight is 703 g/mol. The lowest BCUT2D eigenvalue weighted by Gasteiger charge is -2.14. The number of amidine groups is 1. The smallest absolute Gasteiger partial charge is 0.267 e. The molecule has 0 saturated carbocycles. The van der Waals surface area contributed by atoms with Gasteiger partial charge < -0.3 is 9.15 Å². The molecule has 1 aliphatic heterocycles. The fraction of sp³-hybridized carbons (Fsp3) is 0.0714. The highest BCUT2D eigenvalue weighted by molar-refractivity contribution is 9.11. The van der Waals surface area contributed by atoms with Crippen LogP contribution in [0, 0.1) is 0 Å². The number of nitrogens with zero attached hydrogens (tertiary/aromatic N) is 2. The molecule has 0 spiro atoms. The van der Waals surface area contributed by atoms with Gasteiger partial charge >= 0.3 is 0 Å². The van der Waals surface area contributed by atoms with Crippen molar-refractivity contribution in [3.8, 4) is 5.75 Å². The molecule has 1 amide bonds. The van der Waals surface area contributed by atoms with Crippen LogP contribution in [0.5, 0.6) is 5.75 Å². The van der Waals surface area contributed by atoms with E-state index < -0.39 is 0 Å². The Morgan fingerprint density at radius 2 is 1.68 bits per heavy atom. The Morgan fingerprint density at radius 1 is 0.946 bits per heavy atom. The van der Waals surface area contributed by atoms with Gasteiger partial charge in [0.1, 0.15) is 18.1 Å². The molecule has 37 heavy (non-hydrogen) atoms. The summed E-state index contributed by atoms with van der Waals surface area (Å²) in [6.45, 7) is 0.734. The van der Waals surface area contributed by atoms with E-state index in [-0.39, 0.29) is 5.91 Å². The van der Waals surface area contributed by atoms with Crippen LogP contribution in [0.3, 0.4) is 0 Å². The van der Waals surface area contributed by atoms with E-state index in [1.807, 2.05) is 84.9 Å². The second-order valence-electron chi connectivity index (χ2n) is 8.04. The molecule has 4 aromatic rings. The van der Waals surface area contributed by atoms with Crippen LogP contribution in [-0.2, 0) is 17.9 Å². The predicted molar refractivity (Wildman–Crippen MR) is 159 cm³/mol. The van der Waals surface area contributed by atoms with E-state index in [0.29, 0.717) is 34.7 Å². The largest absolute Gasteiger partial charge is 0.487 e. The van der Waals surface area contributed by atoms with Crippen molar-refractivity contribution in [2.45, 2.75) is 13.2 Å². The highest BCUT2D eigenvalue weighted by atomic mass is 79.9. The van der Waals surface area contributed by atoms with E-state index in [1.54, 1.807) is 11.2 Å². The van der Waals surface area contributed by atoms with E-state index in [1.165, 1.54) is 11.8 Å². The van der Waals surface area contributed by atoms with Gasteiger partial charge in [0.05, 0.1) is 32.3 Å². The fourth-order valence-corrected chi connectivity index (χ4v) is 6.30. The Morgan fingerprint density at radius 3 is 2.35 bits per heavy atom. The number of amides is 1. The molecule has 9 heteroatoms. The minimum Gasteiger partial charge on any atom is -0.487 e. The first kappa shape index (κ1) is 26.0. The molecular weight excluding hydrogens is 684 g/mol. The first-order valence-corrected chi connectivity index (χ1v) is 14.4. The van der Waals surface area contributed by atoms with Crippen molar-refractivity contribution in [3.63, 3.8) is 0 Å². The maximum absolute atomic E-state index is 13.4. The van der Waals surface area contributed by atoms with Gasteiger partial charge in [-0.15, -0.1) is 0 Å². The Hall–Kier alpha value is -2.59. The summed E-state index contributed by atoms with van der Waals surface area (Å²) in [5, 5.41) is 0.603. The quantitative estimate of drug-likeness (QED) is 0.181. The van der Waals surface area contributed by atoms with Crippen molar-refractivity contribution in [3.05, 3.63) is 120 Å². The number of aliphatic imine (C=N–C) groups is 1. The number of para-hydroxylation sites is 1. The number of ether oxygens (including phenoxy) is 1. The molecule has 5 rings (SSSR count). The summed E-state index contributed by atoms with van der Waals surface area (Å²) < 4.78 is 14.1. The zero-order valence-electron chi connectivity index (χ0n) is 19.2. The lowest BCUT2D eigenvalue weighted by Crippen LogP contribution is -2.28. The van der Waals surface area contributed by atoms with Crippen LogP contribution in [0.25, 0.3) is 6.08 Å². The Kier molecular flexibility index (Phi) is 8.34. The third-order valence-electron chi connectivity index (χ3n) is 5.38. The number of thioether (sulfide) groups is 1. The maximum atomic E-state index is 13.4. The van der Waals surface area contributed by atoms with Crippen molar-refractivity contribution in [2.24, 2.45) is 4.99 Å². The van der Waals surface area contributed by atoms with E-state index >= 15 is 0 Å². The van der Waals surface area contributed by atoms with Crippen molar-refractivity contribution in [2.75, 3.05) is 0 Å². The molecule has 1 saturated heterocycles. The Balaban J connectivity index is 1.40. The van der Waals surface area contributed by atoms with Crippen LogP contribution in [0.4, 0.5) is 5.69 Å². The highest BCUT2D eigenvalue weighted by Gasteiger charge is 2.34. The standard InChI is InChI=1S/C28H19Br3N2O3S/c29-20-10-8-18(9-11-20)17-36-26-23(30)13-19(14-24(26)31)15-25-27(34)33(16-22-7-4-12-35-22)28(37-25)32-21-5-2-1-3-6-21/h1-15H,16-17H2/b25-15-,32-28?. The van der Waals surface area contributed by atoms with Gasteiger partial charge in [0.15, 0.2) is 5.17 Å². The summed E-state index contributed by atoms with van der Waals surface area (Å²) in [5.41, 5.74) is 2.69. The number of halogens is 3. The molecule has 0 bridgehead atoms. The van der Waals surface area contributed by atoms with Crippen LogP contribution in [0.15, 0.2) is 113 Å². The van der Waals surface area contributed by atoms with Crippen LogP contribution in [0.2, 0.25) is 0 Å². The van der Waals surface area contributed by atoms with E-state index in [2.05, 4.69) is 47.8 Å². The summed E-state index contributed by atoms with van der Waals surface area (Å²) in [6.07, 6.45) is 3.47. The van der Waals surface area contributed by atoms with E-state index in [4.69, 9.17) is 14.1 Å². The third kappa shape index (κ3) is 6.46. The normalized spacial score (nSPS) is 15.6. The van der Waals surface area contributed by atoms with Gasteiger partial charge in [-0.2, -0.15) is 0 Å². The summed E-state index contributed by atoms with van der Waals surface area (Å²) in [6, 6.07) is 25.1. The number of benzene rings is 3. The minimum absolute atomic E-state index is 0.126. The Labute approximate surface area is 244 Å². The zero-order valence-corrected chi connectivity index (χ0v) is 24.8. The van der Waals surface area contributed by atoms with Crippen molar-refractivity contribution in [1.82, 2.24) is 4.90 Å². The van der Waals surface area contributed by atoms with Gasteiger partial charge in [0, 0.05) is 4.47 Å². The lowest BCUT2D eigenvalue weighted by molar-refractivity contribution is -0.122. The van der Waals surface area contributed by atoms with E-state index in [0.717, 1.165) is 30.2 Å². The molecule has 1 aromatic heterocycles. The summed E-state index contributed by atoms with van der Waals surface area (Å²) in [4.78, 5) is 20.4. The summed E-state index contributed by atoms with van der Waals surface area (Å²) in [5.74, 6) is 1.26. The first-order valence-electron chi connectivity index (χ1n) is 11.2. The van der Waals surface area contributed by atoms with Gasteiger partial charge in [-0.1, -0.05) is 46.3 Å². The molecule has 186 valence electrons. The number of hydrogen-bond donors (Lipinski definition) is 0. The molecule has 1 fully saturated rings. The summed E-state index contributed by atoms with van der Waals surface area (Å²) >= 11 is 12.0. The Bertz CT molecular complexity index is 1450. The zero-order chi connectivity index (χ0) is 25.8. The molecule has 5 nitrogen and oxygen atoms in total. The third-order valence-corrected chi connectivity index (χ3v) is 8.09. The van der Waals surface area contributed by atoms with Crippen LogP contribution >= 0.6 is 59.6 Å². The van der Waals surface area contributed by atoms with Gasteiger partial charge in [-0.3, -0.25) is 9.69 Å². The monoisotopic (exact) mass is 700 g/mol. The molecule has 0 N–H and O–H groups in total. The molecule has 2 heterocycles. The fourth-order valence-electron chi connectivity index (χ4n) is 3.59. The topological polar surface area (TPSA) is 55.0 Å². The molecular formula is C28H19Br3N2O3S. The van der Waals surface area contributed by atoms with Crippen LogP contribution in [-0.4, -0.2) is 16.0 Å². The number of carbonyl (C=O) groups excluding carboxylic acids is 1. The van der Waals surface area contributed by atoms with Gasteiger partial charge in [0.25, 0.3) is 5.91 Å². The number of rotatable bonds is 7. The van der Waals surface area contributed by atoms with Crippen molar-refractivity contribution < 1.29 is 13.9 Å². The highest BCUT2D eigenvalue weighted by Crippen LogP contribution is 2.39. The van der Waals surface area contributed by atoms with Gasteiger partial charge in [-0.25, -0.2) is 4.99 Å². The molecule has 0 radical (unpaired) electrons. The average Bonchev–Trinajstić information content (AvgIpc) is 3.50. The SMILES string of the molecule is O=C1/C(=C/c2cc(Br)c(OCc3ccc(Br)cc3)c(Br)c2)SC(=Nc2ccccc2)N1Cc1ccco1. The molecule has 0 unspecified atom stereocenters. The van der Waals surface area contributed by atoms with Crippen molar-refractivity contribution >= 4 is 82.4 Å². The first-order chi connectivity index (χ1) is 18.0. The summed E-state index contributed by atoms with van der Waals surface area (Å²) in [7, 11) is 0. The number of furan rings is 1. The van der Waals surface area contributed by atoms with Crippen LogP contribution < -0.4 is 4.74 Å². The maximum Gasteiger partial charge on any atom is 0.267 e. The molecule has 0 aliphatic carbocycles. The number of hydrogen-bond acceptors (Lipinski definition) is 5.